The summed E-state index contributed by atoms with van der Waals surface area (Å²) in [7, 11) is 0. The number of benzene rings is 1. The van der Waals surface area contributed by atoms with Crippen LogP contribution >= 0.6 is 0 Å². The second kappa shape index (κ2) is 3.25. The number of fused-ring (bicyclic) bond motifs is 1. The molecule has 1 aromatic carbocycles. The molecule has 2 aliphatic rings. The Kier molecular flexibility index (Phi) is 2.03. The molecule has 2 atom stereocenters. The molecule has 3 rings (SSSR count). The fourth-order valence-electron chi connectivity index (χ4n) is 3.12. The minimum absolute atomic E-state index is 0.125. The smallest absolute Gasteiger partial charge is 0.307 e. The van der Waals surface area contributed by atoms with Crippen LogP contribution in [-0.4, -0.2) is 17.7 Å². The van der Waals surface area contributed by atoms with E-state index in [1.165, 1.54) is 5.56 Å². The van der Waals surface area contributed by atoms with Gasteiger partial charge in [0.25, 0.3) is 0 Å². The zero-order valence-corrected chi connectivity index (χ0v) is 10.1. The van der Waals surface area contributed by atoms with Crippen LogP contribution in [0, 0.1) is 11.3 Å². The highest BCUT2D eigenvalue weighted by atomic mass is 16.5. The van der Waals surface area contributed by atoms with Crippen molar-refractivity contribution in [3.63, 3.8) is 0 Å². The number of aliphatic carboxylic acids is 1. The topological polar surface area (TPSA) is 46.5 Å². The molecule has 3 heteroatoms. The predicted molar refractivity (Wildman–Crippen MR) is 63.3 cm³/mol. The summed E-state index contributed by atoms with van der Waals surface area (Å²) < 4.78 is 5.46. The molecular formula is C14H16O3. The molecule has 1 N–H and O–H groups in total. The second-order valence-corrected chi connectivity index (χ2v) is 5.58. The number of ether oxygens (including phenoxy) is 1. The van der Waals surface area contributed by atoms with Crippen molar-refractivity contribution in [2.45, 2.75) is 26.2 Å². The molecule has 17 heavy (non-hydrogen) atoms. The van der Waals surface area contributed by atoms with E-state index in [4.69, 9.17) is 4.74 Å². The number of rotatable bonds is 2. The summed E-state index contributed by atoms with van der Waals surface area (Å²) in [5.74, 6) is 0.171. The van der Waals surface area contributed by atoms with Crippen molar-refractivity contribution in [2.75, 3.05) is 6.61 Å². The first-order chi connectivity index (χ1) is 8.01. The van der Waals surface area contributed by atoms with Gasteiger partial charge in [-0.15, -0.1) is 0 Å². The normalized spacial score (nSPS) is 28.4. The van der Waals surface area contributed by atoms with E-state index in [0.29, 0.717) is 0 Å². The van der Waals surface area contributed by atoms with Crippen molar-refractivity contribution in [2.24, 2.45) is 11.3 Å². The average molecular weight is 232 g/mol. The number of carboxylic acids is 1. The van der Waals surface area contributed by atoms with Gasteiger partial charge in [-0.3, -0.25) is 4.79 Å². The molecule has 0 saturated heterocycles. The first kappa shape index (κ1) is 10.6. The molecule has 1 aromatic rings. The molecule has 0 spiro atoms. The van der Waals surface area contributed by atoms with E-state index in [1.807, 2.05) is 26.0 Å². The van der Waals surface area contributed by atoms with E-state index in [2.05, 4.69) is 6.07 Å². The molecular weight excluding hydrogens is 216 g/mol. The number of hydrogen-bond donors (Lipinski definition) is 1. The van der Waals surface area contributed by atoms with Gasteiger partial charge in [0, 0.05) is 12.3 Å². The van der Waals surface area contributed by atoms with Crippen LogP contribution in [0.2, 0.25) is 0 Å². The number of carbonyl (C=O) groups is 1. The largest absolute Gasteiger partial charge is 0.493 e. The van der Waals surface area contributed by atoms with E-state index >= 15 is 0 Å². The first-order valence-corrected chi connectivity index (χ1v) is 6.00. The Hall–Kier alpha value is -1.51. The van der Waals surface area contributed by atoms with Crippen molar-refractivity contribution >= 4 is 5.97 Å². The van der Waals surface area contributed by atoms with Crippen molar-refractivity contribution < 1.29 is 14.6 Å². The quantitative estimate of drug-likeness (QED) is 0.852. The van der Waals surface area contributed by atoms with Gasteiger partial charge in [0.15, 0.2) is 0 Å². The van der Waals surface area contributed by atoms with Gasteiger partial charge in [-0.1, -0.05) is 26.0 Å². The van der Waals surface area contributed by atoms with Gasteiger partial charge in [0.05, 0.1) is 12.5 Å². The summed E-state index contributed by atoms with van der Waals surface area (Å²) in [6.07, 6.45) is 0.939. The minimum atomic E-state index is -0.684. The Morgan fingerprint density at radius 1 is 1.47 bits per heavy atom. The standard InChI is InChI=1S/C14H16O3/c1-14(2)11(12(14)13(15)16)9-3-4-10-8(7-9)5-6-17-10/h3-4,7,11-12H,5-6H2,1-2H3,(H,15,16)/t11-,12+/m1/s1. The Morgan fingerprint density at radius 2 is 2.24 bits per heavy atom. The molecule has 1 aliphatic carbocycles. The van der Waals surface area contributed by atoms with Crippen LogP contribution in [0.4, 0.5) is 0 Å². The third-order valence-corrected chi connectivity index (χ3v) is 4.17. The summed E-state index contributed by atoms with van der Waals surface area (Å²) in [6.45, 7) is 4.80. The zero-order valence-electron chi connectivity index (χ0n) is 10.1. The van der Waals surface area contributed by atoms with Crippen LogP contribution in [0.5, 0.6) is 5.75 Å². The lowest BCUT2D eigenvalue weighted by Gasteiger charge is -2.05. The summed E-state index contributed by atoms with van der Waals surface area (Å²) in [6, 6.07) is 6.11. The van der Waals surface area contributed by atoms with E-state index in [1.54, 1.807) is 0 Å². The molecule has 0 amide bonds. The van der Waals surface area contributed by atoms with Gasteiger partial charge in [-0.25, -0.2) is 0 Å². The van der Waals surface area contributed by atoms with Gasteiger partial charge in [-0.05, 0) is 22.6 Å². The van der Waals surface area contributed by atoms with Crippen molar-refractivity contribution in [1.29, 1.82) is 0 Å². The molecule has 90 valence electrons. The lowest BCUT2D eigenvalue weighted by atomic mass is 10.0. The zero-order chi connectivity index (χ0) is 12.2. The van der Waals surface area contributed by atoms with Crippen LogP contribution in [-0.2, 0) is 11.2 Å². The molecule has 1 heterocycles. The Morgan fingerprint density at radius 3 is 2.88 bits per heavy atom. The van der Waals surface area contributed by atoms with E-state index < -0.39 is 5.97 Å². The van der Waals surface area contributed by atoms with Crippen LogP contribution < -0.4 is 4.74 Å². The van der Waals surface area contributed by atoms with Gasteiger partial charge >= 0.3 is 5.97 Å². The summed E-state index contributed by atoms with van der Waals surface area (Å²) in [5.41, 5.74) is 2.24. The third kappa shape index (κ3) is 1.45. The molecule has 0 aromatic heterocycles. The SMILES string of the molecule is CC1(C)[C@H](C(=O)O)[C@H]1c1ccc2c(c1)CCO2. The highest BCUT2D eigenvalue weighted by Gasteiger charge is 2.62. The van der Waals surface area contributed by atoms with Crippen molar-refractivity contribution in [3.8, 4) is 5.75 Å². The van der Waals surface area contributed by atoms with E-state index in [9.17, 15) is 9.90 Å². The lowest BCUT2D eigenvalue weighted by Crippen LogP contribution is -2.03. The van der Waals surface area contributed by atoms with Crippen LogP contribution in [0.25, 0.3) is 0 Å². The van der Waals surface area contributed by atoms with Gasteiger partial charge < -0.3 is 9.84 Å². The highest BCUT2D eigenvalue weighted by Crippen LogP contribution is 2.64. The third-order valence-electron chi connectivity index (χ3n) is 4.17. The molecule has 3 nitrogen and oxygen atoms in total. The Bertz CT molecular complexity index is 490. The molecule has 1 aliphatic heterocycles. The summed E-state index contributed by atoms with van der Waals surface area (Å²) in [4.78, 5) is 11.2. The minimum Gasteiger partial charge on any atom is -0.493 e. The fourth-order valence-corrected chi connectivity index (χ4v) is 3.12. The molecule has 0 radical (unpaired) electrons. The number of hydrogen-bond acceptors (Lipinski definition) is 2. The van der Waals surface area contributed by atoms with Crippen LogP contribution in [0.3, 0.4) is 0 Å². The van der Waals surface area contributed by atoms with E-state index in [-0.39, 0.29) is 17.3 Å². The van der Waals surface area contributed by atoms with Gasteiger partial charge in [0.1, 0.15) is 5.75 Å². The van der Waals surface area contributed by atoms with Crippen molar-refractivity contribution in [1.82, 2.24) is 0 Å². The second-order valence-electron chi connectivity index (χ2n) is 5.58. The molecule has 0 bridgehead atoms. The maximum Gasteiger partial charge on any atom is 0.307 e. The predicted octanol–water partition coefficient (Wildman–Crippen LogP) is 2.45. The maximum atomic E-state index is 11.2. The van der Waals surface area contributed by atoms with Crippen LogP contribution in [0.1, 0.15) is 30.9 Å². The monoisotopic (exact) mass is 232 g/mol. The fraction of sp³-hybridized carbons (Fsp3) is 0.500. The van der Waals surface area contributed by atoms with Crippen molar-refractivity contribution in [3.05, 3.63) is 29.3 Å². The Balaban J connectivity index is 1.94. The summed E-state index contributed by atoms with van der Waals surface area (Å²) in [5, 5.41) is 9.19. The molecule has 1 fully saturated rings. The van der Waals surface area contributed by atoms with Gasteiger partial charge in [0.2, 0.25) is 0 Å². The van der Waals surface area contributed by atoms with Crippen LogP contribution in [0.15, 0.2) is 18.2 Å². The summed E-state index contributed by atoms with van der Waals surface area (Å²) >= 11 is 0. The van der Waals surface area contributed by atoms with E-state index in [0.717, 1.165) is 24.3 Å². The molecule has 0 unspecified atom stereocenters. The number of carboxylic acid groups (broad SMARTS) is 1. The van der Waals surface area contributed by atoms with Gasteiger partial charge in [-0.2, -0.15) is 0 Å². The first-order valence-electron chi connectivity index (χ1n) is 6.00. The maximum absolute atomic E-state index is 11.2. The lowest BCUT2D eigenvalue weighted by molar-refractivity contribution is -0.139. The highest BCUT2D eigenvalue weighted by molar-refractivity contribution is 5.77. The Labute approximate surface area is 100 Å². The molecule has 1 saturated carbocycles. The average Bonchev–Trinajstić information content (AvgIpc) is 2.66.